The van der Waals surface area contributed by atoms with Crippen LogP contribution in [-0.2, 0) is 17.4 Å². The molecular weight excluding hydrogens is 397 g/mol. The minimum absolute atomic E-state index is 0.0305. The van der Waals surface area contributed by atoms with E-state index >= 15 is 0 Å². The molecule has 0 unspecified atom stereocenters. The van der Waals surface area contributed by atoms with Crippen molar-refractivity contribution in [2.24, 2.45) is 11.3 Å². The number of ether oxygens (including phenoxy) is 1. The summed E-state index contributed by atoms with van der Waals surface area (Å²) in [6, 6.07) is 2.97. The summed E-state index contributed by atoms with van der Waals surface area (Å²) in [5.41, 5.74) is -1.28. The summed E-state index contributed by atoms with van der Waals surface area (Å²) in [7, 11) is 0. The molecule has 0 aromatic carbocycles. The number of carbonyl (C=O) groups excluding carboxylic acids is 1. The van der Waals surface area contributed by atoms with Crippen molar-refractivity contribution >= 4 is 5.91 Å². The lowest BCUT2D eigenvalue weighted by atomic mass is 9.66. The number of pyridine rings is 1. The zero-order valence-electron chi connectivity index (χ0n) is 17.5. The van der Waals surface area contributed by atoms with E-state index in [1.165, 1.54) is 12.1 Å². The first-order valence-electron chi connectivity index (χ1n) is 10.8. The average molecular weight is 426 g/mol. The first kappa shape index (κ1) is 21.4. The number of amides is 1. The summed E-state index contributed by atoms with van der Waals surface area (Å²) in [4.78, 5) is 18.1. The third-order valence-corrected chi connectivity index (χ3v) is 6.97. The van der Waals surface area contributed by atoms with Gasteiger partial charge in [0.15, 0.2) is 5.69 Å². The van der Waals surface area contributed by atoms with Crippen molar-refractivity contribution in [3.8, 4) is 5.88 Å². The maximum absolute atomic E-state index is 13.2. The zero-order valence-corrected chi connectivity index (χ0v) is 17.5. The van der Waals surface area contributed by atoms with Crippen LogP contribution >= 0.6 is 0 Å². The Hall–Kier alpha value is -1.83. The van der Waals surface area contributed by atoms with Crippen LogP contribution in [0.4, 0.5) is 13.2 Å². The summed E-state index contributed by atoms with van der Waals surface area (Å²) in [5, 5.41) is 9.84. The molecule has 30 heavy (non-hydrogen) atoms. The standard InChI is InChI=1S/C22H29F3N2O3/c1-3-14-4-5-17(26-18(14)22(23,24)25)30-16-6-8-21(9-7-16)12-27(13-21)19(28)15-10-20(2,29)11-15/h4-5,15-16,29H,3,6-13H2,1-2H3. The molecule has 4 rings (SSSR count). The third kappa shape index (κ3) is 4.15. The van der Waals surface area contributed by atoms with Gasteiger partial charge in [-0.2, -0.15) is 13.2 Å². The lowest BCUT2D eigenvalue weighted by Gasteiger charge is -2.55. The Morgan fingerprint density at radius 3 is 2.43 bits per heavy atom. The summed E-state index contributed by atoms with van der Waals surface area (Å²) < 4.78 is 45.4. The van der Waals surface area contributed by atoms with Crippen LogP contribution in [0, 0.1) is 11.3 Å². The fourth-order valence-electron chi connectivity index (χ4n) is 5.23. The van der Waals surface area contributed by atoms with Gasteiger partial charge in [0.25, 0.3) is 0 Å². The third-order valence-electron chi connectivity index (χ3n) is 6.97. The van der Waals surface area contributed by atoms with Gasteiger partial charge in [0.2, 0.25) is 11.8 Å². The molecule has 1 aromatic heterocycles. The van der Waals surface area contributed by atoms with E-state index < -0.39 is 17.5 Å². The number of aromatic nitrogens is 1. The lowest BCUT2D eigenvalue weighted by Crippen LogP contribution is -2.63. The fraction of sp³-hybridized carbons (Fsp3) is 0.727. The van der Waals surface area contributed by atoms with Gasteiger partial charge >= 0.3 is 6.18 Å². The predicted octanol–water partition coefficient (Wildman–Crippen LogP) is 3.97. The highest BCUT2D eigenvalue weighted by Crippen LogP contribution is 2.47. The number of halogens is 3. The highest BCUT2D eigenvalue weighted by Gasteiger charge is 2.51. The molecule has 166 valence electrons. The van der Waals surface area contributed by atoms with Gasteiger partial charge in [0, 0.05) is 30.5 Å². The number of carbonyl (C=O) groups is 1. The van der Waals surface area contributed by atoms with Crippen LogP contribution in [0.2, 0.25) is 0 Å². The van der Waals surface area contributed by atoms with E-state index in [2.05, 4.69) is 4.98 Å². The molecule has 1 aliphatic heterocycles. The SMILES string of the molecule is CCc1ccc(OC2CCC3(CC2)CN(C(=O)C2CC(C)(O)C2)C3)nc1C(F)(F)F. The van der Waals surface area contributed by atoms with E-state index in [9.17, 15) is 23.1 Å². The van der Waals surface area contributed by atoms with Gasteiger partial charge in [-0.25, -0.2) is 4.98 Å². The van der Waals surface area contributed by atoms with Gasteiger partial charge in [-0.1, -0.05) is 13.0 Å². The lowest BCUT2D eigenvalue weighted by molar-refractivity contribution is -0.164. The molecular formula is C22H29F3N2O3. The second-order valence-electron chi connectivity index (χ2n) is 9.62. The van der Waals surface area contributed by atoms with Crippen molar-refractivity contribution in [2.75, 3.05) is 13.1 Å². The normalized spacial score (nSPS) is 28.7. The fourth-order valence-corrected chi connectivity index (χ4v) is 5.23. The summed E-state index contributed by atoms with van der Waals surface area (Å²) >= 11 is 0. The van der Waals surface area contributed by atoms with Gasteiger partial charge < -0.3 is 14.7 Å². The molecule has 1 amide bonds. The first-order valence-corrected chi connectivity index (χ1v) is 10.8. The van der Waals surface area contributed by atoms with Crippen molar-refractivity contribution in [3.63, 3.8) is 0 Å². The van der Waals surface area contributed by atoms with Crippen molar-refractivity contribution in [2.45, 2.75) is 76.7 Å². The Bertz CT molecular complexity index is 800. The summed E-state index contributed by atoms with van der Waals surface area (Å²) in [6.45, 7) is 4.91. The van der Waals surface area contributed by atoms with Gasteiger partial charge in [-0.15, -0.1) is 0 Å². The number of nitrogens with zero attached hydrogens (tertiary/aromatic N) is 2. The molecule has 1 aromatic rings. The number of likely N-dealkylation sites (tertiary alicyclic amines) is 1. The largest absolute Gasteiger partial charge is 0.474 e. The zero-order chi connectivity index (χ0) is 21.7. The van der Waals surface area contributed by atoms with Gasteiger partial charge in [0.05, 0.1) is 5.60 Å². The monoisotopic (exact) mass is 426 g/mol. The molecule has 0 bridgehead atoms. The van der Waals surface area contributed by atoms with E-state index in [1.54, 1.807) is 13.8 Å². The molecule has 1 spiro atoms. The molecule has 2 saturated carbocycles. The molecule has 2 aliphatic carbocycles. The van der Waals surface area contributed by atoms with Crippen molar-refractivity contribution in [3.05, 3.63) is 23.4 Å². The number of hydrogen-bond donors (Lipinski definition) is 1. The molecule has 0 radical (unpaired) electrons. The number of aliphatic hydroxyl groups is 1. The van der Waals surface area contributed by atoms with Gasteiger partial charge in [-0.3, -0.25) is 4.79 Å². The quantitative estimate of drug-likeness (QED) is 0.791. The Balaban J connectivity index is 1.28. The Morgan fingerprint density at radius 1 is 1.27 bits per heavy atom. The number of hydrogen-bond acceptors (Lipinski definition) is 4. The van der Waals surface area contributed by atoms with E-state index in [0.717, 1.165) is 38.8 Å². The highest BCUT2D eigenvalue weighted by molar-refractivity contribution is 5.81. The van der Waals surface area contributed by atoms with Crippen LogP contribution in [0.5, 0.6) is 5.88 Å². The molecule has 1 saturated heterocycles. The predicted molar refractivity (Wildman–Crippen MR) is 104 cm³/mol. The minimum Gasteiger partial charge on any atom is -0.474 e. The maximum atomic E-state index is 13.2. The van der Waals surface area contributed by atoms with Crippen LogP contribution in [0.25, 0.3) is 0 Å². The van der Waals surface area contributed by atoms with E-state index in [1.807, 2.05) is 4.90 Å². The van der Waals surface area contributed by atoms with E-state index in [4.69, 9.17) is 4.74 Å². The van der Waals surface area contributed by atoms with E-state index in [0.29, 0.717) is 12.8 Å². The Kier molecular flexibility index (Phi) is 5.27. The van der Waals surface area contributed by atoms with Crippen LogP contribution in [0.3, 0.4) is 0 Å². The molecule has 3 aliphatic rings. The molecule has 0 atom stereocenters. The van der Waals surface area contributed by atoms with Crippen LogP contribution in [0.15, 0.2) is 12.1 Å². The summed E-state index contributed by atoms with van der Waals surface area (Å²) in [6.07, 6.45) is -0.0186. The number of aryl methyl sites for hydroxylation is 1. The molecule has 5 nitrogen and oxygen atoms in total. The Morgan fingerprint density at radius 2 is 1.90 bits per heavy atom. The van der Waals surface area contributed by atoms with Gasteiger partial charge in [-0.05, 0) is 57.4 Å². The number of rotatable bonds is 4. The summed E-state index contributed by atoms with van der Waals surface area (Å²) in [5.74, 6) is 0.116. The first-order chi connectivity index (χ1) is 14.0. The minimum atomic E-state index is -4.49. The maximum Gasteiger partial charge on any atom is 0.433 e. The van der Waals surface area contributed by atoms with Crippen LogP contribution in [-0.4, -0.2) is 45.7 Å². The smallest absolute Gasteiger partial charge is 0.433 e. The average Bonchev–Trinajstić information content (AvgIpc) is 2.63. The van der Waals surface area contributed by atoms with Crippen molar-refractivity contribution in [1.29, 1.82) is 0 Å². The van der Waals surface area contributed by atoms with Crippen LogP contribution in [0.1, 0.15) is 63.6 Å². The highest BCUT2D eigenvalue weighted by atomic mass is 19.4. The Labute approximate surface area is 174 Å². The molecule has 2 heterocycles. The van der Waals surface area contributed by atoms with E-state index in [-0.39, 0.29) is 41.2 Å². The second kappa shape index (κ2) is 7.39. The molecule has 3 fully saturated rings. The number of alkyl halides is 3. The van der Waals surface area contributed by atoms with Crippen LogP contribution < -0.4 is 4.74 Å². The molecule has 1 N–H and O–H groups in total. The van der Waals surface area contributed by atoms with Crippen molar-refractivity contribution in [1.82, 2.24) is 9.88 Å². The molecule has 8 heteroatoms. The van der Waals surface area contributed by atoms with Gasteiger partial charge in [0.1, 0.15) is 6.10 Å². The topological polar surface area (TPSA) is 62.7 Å². The second-order valence-corrected chi connectivity index (χ2v) is 9.62. The van der Waals surface area contributed by atoms with Crippen molar-refractivity contribution < 1.29 is 27.8 Å².